The van der Waals surface area contributed by atoms with Gasteiger partial charge in [0.2, 0.25) is 0 Å². The minimum Gasteiger partial charge on any atom is -0.507 e. The number of hydrogen-bond acceptors (Lipinski definition) is 7. The number of ether oxygens (including phenoxy) is 1. The minimum atomic E-state index is -0.909. The van der Waals surface area contributed by atoms with Crippen LogP contribution in [0.5, 0.6) is 5.75 Å². The van der Waals surface area contributed by atoms with Crippen molar-refractivity contribution in [2.45, 2.75) is 33.4 Å². The Kier molecular flexibility index (Phi) is 7.13. The number of carbonyl (C=O) groups is 3. The van der Waals surface area contributed by atoms with Gasteiger partial charge in [-0.15, -0.1) is 0 Å². The zero-order valence-corrected chi connectivity index (χ0v) is 22.5. The molecule has 39 heavy (non-hydrogen) atoms. The summed E-state index contributed by atoms with van der Waals surface area (Å²) < 4.78 is 5.88. The SMILES string of the molecule is CC(=O)c1sc(N2C(=O)C(=O)/C(=C(\O)c3ccc(OCc4cccc(C)c4)cc3)C2c2ccccc2)nc1C. The van der Waals surface area contributed by atoms with E-state index < -0.39 is 17.7 Å². The topological polar surface area (TPSA) is 96.8 Å². The first-order chi connectivity index (χ1) is 18.7. The number of carbonyl (C=O) groups excluding carboxylic acids is 3. The van der Waals surface area contributed by atoms with Crippen LogP contribution in [-0.2, 0) is 16.2 Å². The Labute approximate surface area is 230 Å². The standard InChI is InChI=1S/C31H26N2O5S/c1-18-8-7-9-21(16-18)17-38-24-14-12-23(13-15-24)27(35)25-26(22-10-5-4-6-11-22)33(30(37)28(25)36)31-32-19(2)29(39-31)20(3)34/h4-16,26,35H,17H2,1-3H3/b27-25-. The Balaban J connectivity index is 1.51. The van der Waals surface area contributed by atoms with Gasteiger partial charge in [-0.25, -0.2) is 4.98 Å². The molecule has 4 aromatic rings. The van der Waals surface area contributed by atoms with Crippen molar-refractivity contribution in [3.63, 3.8) is 0 Å². The fraction of sp³-hybridized carbons (Fsp3) is 0.161. The second-order valence-corrected chi connectivity index (χ2v) is 10.3. The Morgan fingerprint density at radius 2 is 1.72 bits per heavy atom. The van der Waals surface area contributed by atoms with Crippen LogP contribution >= 0.6 is 11.3 Å². The quantitative estimate of drug-likeness (QED) is 0.131. The third-order valence-corrected chi connectivity index (χ3v) is 7.74. The van der Waals surface area contributed by atoms with Gasteiger partial charge in [-0.1, -0.05) is 71.5 Å². The molecular formula is C31H26N2O5S. The fourth-order valence-electron chi connectivity index (χ4n) is 4.63. The van der Waals surface area contributed by atoms with Gasteiger partial charge < -0.3 is 9.84 Å². The molecule has 0 saturated carbocycles. The van der Waals surface area contributed by atoms with E-state index in [0.717, 1.165) is 22.5 Å². The van der Waals surface area contributed by atoms with Gasteiger partial charge in [0.1, 0.15) is 18.1 Å². The van der Waals surface area contributed by atoms with Crippen molar-refractivity contribution < 1.29 is 24.2 Å². The minimum absolute atomic E-state index is 0.0446. The molecule has 0 bridgehead atoms. The van der Waals surface area contributed by atoms with E-state index in [9.17, 15) is 19.5 Å². The van der Waals surface area contributed by atoms with Crippen molar-refractivity contribution in [1.29, 1.82) is 0 Å². The average Bonchev–Trinajstić information content (AvgIpc) is 3.44. The number of thiazole rings is 1. The maximum Gasteiger partial charge on any atom is 0.301 e. The van der Waals surface area contributed by atoms with E-state index in [4.69, 9.17) is 4.74 Å². The summed E-state index contributed by atoms with van der Waals surface area (Å²) in [6.07, 6.45) is 0. The maximum absolute atomic E-state index is 13.3. The molecule has 1 unspecified atom stereocenters. The molecule has 8 heteroatoms. The molecule has 196 valence electrons. The van der Waals surface area contributed by atoms with Crippen LogP contribution < -0.4 is 9.64 Å². The summed E-state index contributed by atoms with van der Waals surface area (Å²) in [5.74, 6) is -1.50. The molecule has 1 amide bonds. The number of ketones is 2. The number of Topliss-reactive ketones (excluding diaryl/α,β-unsaturated/α-hetero) is 2. The first-order valence-corrected chi connectivity index (χ1v) is 13.2. The molecule has 1 aliphatic heterocycles. The number of aliphatic hydroxyl groups is 1. The molecule has 1 atom stereocenters. The Bertz CT molecular complexity index is 1610. The van der Waals surface area contributed by atoms with E-state index >= 15 is 0 Å². The average molecular weight is 539 g/mol. The van der Waals surface area contributed by atoms with Gasteiger partial charge in [0, 0.05) is 12.5 Å². The van der Waals surface area contributed by atoms with Gasteiger partial charge in [-0.3, -0.25) is 19.3 Å². The van der Waals surface area contributed by atoms with Crippen LogP contribution in [0.1, 0.15) is 50.6 Å². The van der Waals surface area contributed by atoms with Crippen LogP contribution in [0, 0.1) is 13.8 Å². The molecule has 1 fully saturated rings. The van der Waals surface area contributed by atoms with E-state index in [1.54, 1.807) is 55.5 Å². The Hall–Kier alpha value is -4.56. The van der Waals surface area contributed by atoms with Crippen LogP contribution in [0.4, 0.5) is 5.13 Å². The lowest BCUT2D eigenvalue weighted by molar-refractivity contribution is -0.132. The first-order valence-electron chi connectivity index (χ1n) is 12.4. The predicted octanol–water partition coefficient (Wildman–Crippen LogP) is 6.17. The Morgan fingerprint density at radius 1 is 1.00 bits per heavy atom. The van der Waals surface area contributed by atoms with E-state index in [-0.39, 0.29) is 22.2 Å². The summed E-state index contributed by atoms with van der Waals surface area (Å²) in [6, 6.07) is 22.8. The van der Waals surface area contributed by atoms with Gasteiger partial charge in [-0.05, 0) is 49.2 Å². The predicted molar refractivity (Wildman–Crippen MR) is 150 cm³/mol. The highest BCUT2D eigenvalue weighted by Gasteiger charge is 2.48. The molecule has 0 radical (unpaired) electrons. The first kappa shape index (κ1) is 26.1. The van der Waals surface area contributed by atoms with Gasteiger partial charge in [0.15, 0.2) is 10.9 Å². The van der Waals surface area contributed by atoms with Crippen molar-refractivity contribution in [1.82, 2.24) is 4.98 Å². The molecule has 2 heterocycles. The summed E-state index contributed by atoms with van der Waals surface area (Å²) in [5, 5.41) is 11.6. The molecule has 7 nitrogen and oxygen atoms in total. The number of hydrogen-bond donors (Lipinski definition) is 1. The number of benzene rings is 3. The lowest BCUT2D eigenvalue weighted by atomic mass is 9.95. The smallest absolute Gasteiger partial charge is 0.301 e. The largest absolute Gasteiger partial charge is 0.507 e. The molecule has 1 N–H and O–H groups in total. The van der Waals surface area contributed by atoms with Gasteiger partial charge in [-0.2, -0.15) is 0 Å². The van der Waals surface area contributed by atoms with Crippen molar-refractivity contribution in [3.05, 3.63) is 117 Å². The van der Waals surface area contributed by atoms with Gasteiger partial charge >= 0.3 is 5.91 Å². The number of amides is 1. The van der Waals surface area contributed by atoms with Crippen LogP contribution in [0.15, 0.2) is 84.4 Å². The maximum atomic E-state index is 13.3. The summed E-state index contributed by atoms with van der Waals surface area (Å²) >= 11 is 1.06. The second-order valence-electron chi connectivity index (χ2n) is 9.35. The zero-order valence-electron chi connectivity index (χ0n) is 21.7. The van der Waals surface area contributed by atoms with E-state index in [1.165, 1.54) is 11.8 Å². The van der Waals surface area contributed by atoms with Crippen LogP contribution in [0.3, 0.4) is 0 Å². The third kappa shape index (κ3) is 5.11. The highest BCUT2D eigenvalue weighted by molar-refractivity contribution is 7.18. The molecule has 1 aliphatic rings. The van der Waals surface area contributed by atoms with Gasteiger partial charge in [0.25, 0.3) is 5.78 Å². The lowest BCUT2D eigenvalue weighted by Gasteiger charge is -2.23. The normalized spacial score (nSPS) is 16.5. The van der Waals surface area contributed by atoms with E-state index in [1.807, 2.05) is 37.3 Å². The van der Waals surface area contributed by atoms with Crippen molar-refractivity contribution in [3.8, 4) is 5.75 Å². The van der Waals surface area contributed by atoms with Crippen LogP contribution in [-0.4, -0.2) is 27.6 Å². The molecule has 0 aliphatic carbocycles. The highest BCUT2D eigenvalue weighted by Crippen LogP contribution is 2.43. The number of rotatable bonds is 7. The van der Waals surface area contributed by atoms with Crippen molar-refractivity contribution in [2.75, 3.05) is 4.90 Å². The Morgan fingerprint density at radius 3 is 2.36 bits per heavy atom. The summed E-state index contributed by atoms with van der Waals surface area (Å²) in [4.78, 5) is 44.8. The van der Waals surface area contributed by atoms with Crippen LogP contribution in [0.25, 0.3) is 5.76 Å². The zero-order chi connectivity index (χ0) is 27.7. The van der Waals surface area contributed by atoms with E-state index in [2.05, 4.69) is 4.98 Å². The summed E-state index contributed by atoms with van der Waals surface area (Å²) in [7, 11) is 0. The monoisotopic (exact) mass is 538 g/mol. The number of aliphatic hydroxyl groups excluding tert-OH is 1. The molecule has 0 spiro atoms. The third-order valence-electron chi connectivity index (χ3n) is 6.49. The number of aryl methyl sites for hydroxylation is 2. The molecule has 5 rings (SSSR count). The molecule has 1 saturated heterocycles. The highest BCUT2D eigenvalue weighted by atomic mass is 32.1. The van der Waals surface area contributed by atoms with Gasteiger partial charge in [0.05, 0.1) is 22.2 Å². The number of aromatic nitrogens is 1. The van der Waals surface area contributed by atoms with E-state index in [0.29, 0.717) is 34.1 Å². The molecule has 1 aromatic heterocycles. The number of anilines is 1. The molecule has 3 aromatic carbocycles. The molecular weight excluding hydrogens is 512 g/mol. The van der Waals surface area contributed by atoms with Crippen molar-refractivity contribution >= 4 is 39.7 Å². The second kappa shape index (κ2) is 10.7. The fourth-order valence-corrected chi connectivity index (χ4v) is 5.61. The number of nitrogens with zero attached hydrogens (tertiary/aromatic N) is 2. The summed E-state index contributed by atoms with van der Waals surface area (Å²) in [5.41, 5.74) is 3.63. The lowest BCUT2D eigenvalue weighted by Crippen LogP contribution is -2.29. The summed E-state index contributed by atoms with van der Waals surface area (Å²) in [6.45, 7) is 5.53. The van der Waals surface area contributed by atoms with Crippen molar-refractivity contribution in [2.24, 2.45) is 0 Å². The van der Waals surface area contributed by atoms with Crippen LogP contribution in [0.2, 0.25) is 0 Å².